The fraction of sp³-hybridized carbons (Fsp3) is 0. The molecule has 0 bridgehead atoms. The molecule has 3 aromatic carbocycles. The summed E-state index contributed by atoms with van der Waals surface area (Å²) in [6, 6.07) is 20.3. The molecule has 132 valence electrons. The first kappa shape index (κ1) is 17.5. The zero-order valence-corrected chi connectivity index (χ0v) is 15.4. The van der Waals surface area contributed by atoms with E-state index in [0.29, 0.717) is 21.6 Å². The minimum atomic E-state index is -0.505. The van der Waals surface area contributed by atoms with Crippen LogP contribution in [0.1, 0.15) is 15.9 Å². The largest absolute Gasteiger partial charge is 0.455 e. The lowest BCUT2D eigenvalue weighted by molar-refractivity contribution is 0.103. The second kappa shape index (κ2) is 7.03. The molecular weight excluding hydrogens is 383 g/mol. The summed E-state index contributed by atoms with van der Waals surface area (Å²) in [5.41, 5.74) is 0.576. The zero-order valence-electron chi connectivity index (χ0n) is 13.9. The molecule has 1 heterocycles. The van der Waals surface area contributed by atoms with E-state index in [4.69, 9.17) is 27.6 Å². The predicted molar refractivity (Wildman–Crippen MR) is 108 cm³/mol. The van der Waals surface area contributed by atoms with E-state index < -0.39 is 11.2 Å². The average molecular weight is 395 g/mol. The van der Waals surface area contributed by atoms with Crippen molar-refractivity contribution in [2.24, 2.45) is 0 Å². The Morgan fingerprint density at radius 1 is 0.778 bits per heavy atom. The summed E-state index contributed by atoms with van der Waals surface area (Å²) >= 11 is 12.5. The van der Waals surface area contributed by atoms with Gasteiger partial charge in [0.15, 0.2) is 5.76 Å². The van der Waals surface area contributed by atoms with Crippen LogP contribution in [0, 0.1) is 0 Å². The second-order valence-corrected chi connectivity index (χ2v) is 6.73. The summed E-state index contributed by atoms with van der Waals surface area (Å²) in [4.78, 5) is 26.4. The molecular formula is C22H12Cl2O3. The highest BCUT2D eigenvalue weighted by Gasteiger charge is 2.25. The highest BCUT2D eigenvalue weighted by molar-refractivity contribution is 6.36. The Hall–Kier alpha value is -2.88. The lowest BCUT2D eigenvalue weighted by Crippen LogP contribution is -2.18. The van der Waals surface area contributed by atoms with E-state index in [0.717, 1.165) is 0 Å². The molecule has 4 aromatic rings. The van der Waals surface area contributed by atoms with Gasteiger partial charge in [0, 0.05) is 11.1 Å². The van der Waals surface area contributed by atoms with E-state index in [2.05, 4.69) is 0 Å². The molecule has 0 aliphatic carbocycles. The molecule has 0 aliphatic heterocycles. The van der Waals surface area contributed by atoms with E-state index in [1.165, 1.54) is 0 Å². The molecule has 5 heteroatoms. The van der Waals surface area contributed by atoms with Gasteiger partial charge in [0.1, 0.15) is 11.1 Å². The van der Waals surface area contributed by atoms with Crippen LogP contribution in [-0.4, -0.2) is 5.78 Å². The number of hydrogen-bond donors (Lipinski definition) is 0. The maximum atomic E-state index is 13.2. The number of halogens is 2. The molecule has 1 aromatic heterocycles. The van der Waals surface area contributed by atoms with Crippen molar-refractivity contribution in [3.05, 3.63) is 104 Å². The third-order valence-electron chi connectivity index (χ3n) is 4.26. The van der Waals surface area contributed by atoms with Gasteiger partial charge in [0.05, 0.1) is 15.4 Å². The van der Waals surface area contributed by atoms with Crippen molar-refractivity contribution in [1.82, 2.24) is 0 Å². The Morgan fingerprint density at radius 3 is 2.15 bits per heavy atom. The van der Waals surface area contributed by atoms with Crippen molar-refractivity contribution in [3.63, 3.8) is 0 Å². The smallest absolute Gasteiger partial charge is 0.204 e. The molecule has 0 aliphatic rings. The number of carbonyl (C=O) groups is 1. The number of fused-ring (bicyclic) bond motifs is 1. The first-order valence-corrected chi connectivity index (χ1v) is 8.93. The molecule has 0 atom stereocenters. The molecule has 27 heavy (non-hydrogen) atoms. The number of benzene rings is 3. The monoisotopic (exact) mass is 394 g/mol. The molecule has 3 nitrogen and oxygen atoms in total. The second-order valence-electron chi connectivity index (χ2n) is 5.92. The summed E-state index contributed by atoms with van der Waals surface area (Å²) in [6.45, 7) is 0. The van der Waals surface area contributed by atoms with Crippen LogP contribution < -0.4 is 5.43 Å². The zero-order chi connectivity index (χ0) is 19.0. The SMILES string of the molecule is O=C(c1ccccc1Cl)c1c(-c2ccccc2Cl)oc2ccccc2c1=O. The summed E-state index contributed by atoms with van der Waals surface area (Å²) in [6.07, 6.45) is 0. The third kappa shape index (κ3) is 3.05. The highest BCUT2D eigenvalue weighted by Crippen LogP contribution is 2.33. The molecule has 0 saturated heterocycles. The molecule has 0 radical (unpaired) electrons. The van der Waals surface area contributed by atoms with Crippen LogP contribution in [0.5, 0.6) is 0 Å². The quantitative estimate of drug-likeness (QED) is 0.400. The number of hydrogen-bond acceptors (Lipinski definition) is 3. The summed E-state index contributed by atoms with van der Waals surface area (Å²) in [7, 11) is 0. The molecule has 0 fully saturated rings. The minimum absolute atomic E-state index is 0.0881. The molecule has 0 spiro atoms. The highest BCUT2D eigenvalue weighted by atomic mass is 35.5. The molecule has 0 unspecified atom stereocenters. The van der Waals surface area contributed by atoms with Gasteiger partial charge in [-0.3, -0.25) is 9.59 Å². The van der Waals surface area contributed by atoms with Crippen LogP contribution in [0.15, 0.2) is 82.0 Å². The van der Waals surface area contributed by atoms with E-state index in [9.17, 15) is 9.59 Å². The van der Waals surface area contributed by atoms with Crippen molar-refractivity contribution in [1.29, 1.82) is 0 Å². The first-order valence-electron chi connectivity index (χ1n) is 8.18. The number of rotatable bonds is 3. The van der Waals surface area contributed by atoms with E-state index in [1.807, 2.05) is 0 Å². The minimum Gasteiger partial charge on any atom is -0.455 e. The Labute approximate surface area is 164 Å². The van der Waals surface area contributed by atoms with Gasteiger partial charge in [-0.2, -0.15) is 0 Å². The van der Waals surface area contributed by atoms with Gasteiger partial charge >= 0.3 is 0 Å². The Balaban J connectivity index is 2.10. The topological polar surface area (TPSA) is 47.3 Å². The van der Waals surface area contributed by atoms with E-state index >= 15 is 0 Å². The van der Waals surface area contributed by atoms with Crippen LogP contribution in [0.4, 0.5) is 0 Å². The van der Waals surface area contributed by atoms with Gasteiger partial charge in [-0.25, -0.2) is 0 Å². The van der Waals surface area contributed by atoms with Gasteiger partial charge in [0.2, 0.25) is 11.2 Å². The molecule has 0 saturated carbocycles. The van der Waals surface area contributed by atoms with Crippen LogP contribution in [0.25, 0.3) is 22.3 Å². The fourth-order valence-electron chi connectivity index (χ4n) is 2.96. The summed E-state index contributed by atoms with van der Waals surface area (Å²) < 4.78 is 5.97. The van der Waals surface area contributed by atoms with Crippen LogP contribution in [0.2, 0.25) is 10.0 Å². The van der Waals surface area contributed by atoms with Crippen LogP contribution in [0.3, 0.4) is 0 Å². The average Bonchev–Trinajstić information content (AvgIpc) is 2.68. The Morgan fingerprint density at radius 2 is 1.41 bits per heavy atom. The Kier molecular flexibility index (Phi) is 4.56. The molecule has 0 N–H and O–H groups in total. The van der Waals surface area contributed by atoms with Crippen LogP contribution >= 0.6 is 23.2 Å². The van der Waals surface area contributed by atoms with Gasteiger partial charge in [-0.15, -0.1) is 0 Å². The Bertz CT molecular complexity index is 1240. The maximum Gasteiger partial charge on any atom is 0.204 e. The summed E-state index contributed by atoms with van der Waals surface area (Å²) in [5.74, 6) is -0.371. The first-order chi connectivity index (χ1) is 13.1. The van der Waals surface area contributed by atoms with Crippen molar-refractivity contribution in [2.45, 2.75) is 0 Å². The van der Waals surface area contributed by atoms with Crippen LogP contribution in [-0.2, 0) is 0 Å². The van der Waals surface area contributed by atoms with Crippen molar-refractivity contribution in [3.8, 4) is 11.3 Å². The number of ketones is 1. The lowest BCUT2D eigenvalue weighted by atomic mass is 9.97. The number of carbonyl (C=O) groups excluding carboxylic acids is 1. The van der Waals surface area contributed by atoms with Crippen molar-refractivity contribution >= 4 is 40.0 Å². The predicted octanol–water partition coefficient (Wildman–Crippen LogP) is 6.00. The van der Waals surface area contributed by atoms with E-state index in [1.54, 1.807) is 72.8 Å². The lowest BCUT2D eigenvalue weighted by Gasteiger charge is -2.11. The van der Waals surface area contributed by atoms with Crippen molar-refractivity contribution < 1.29 is 9.21 Å². The van der Waals surface area contributed by atoms with Gasteiger partial charge in [-0.05, 0) is 36.4 Å². The number of para-hydroxylation sites is 1. The van der Waals surface area contributed by atoms with Crippen molar-refractivity contribution in [2.75, 3.05) is 0 Å². The fourth-order valence-corrected chi connectivity index (χ4v) is 3.41. The van der Waals surface area contributed by atoms with E-state index in [-0.39, 0.29) is 21.9 Å². The van der Waals surface area contributed by atoms with Gasteiger partial charge in [0.25, 0.3) is 0 Å². The van der Waals surface area contributed by atoms with Gasteiger partial charge in [-0.1, -0.05) is 59.6 Å². The standard InChI is InChI=1S/C22H12Cl2O3/c23-16-10-4-1-7-13(16)20(25)19-21(26)15-9-3-6-12-18(15)27-22(19)14-8-2-5-11-17(14)24/h1-12H. The van der Waals surface area contributed by atoms with Gasteiger partial charge < -0.3 is 4.42 Å². The molecule has 0 amide bonds. The molecule has 4 rings (SSSR count). The maximum absolute atomic E-state index is 13.2. The normalized spacial score (nSPS) is 10.9. The third-order valence-corrected chi connectivity index (χ3v) is 4.92. The summed E-state index contributed by atoms with van der Waals surface area (Å²) in [5, 5.41) is 0.966.